The lowest BCUT2D eigenvalue weighted by molar-refractivity contribution is -0.142. The van der Waals surface area contributed by atoms with Crippen molar-refractivity contribution in [3.63, 3.8) is 0 Å². The van der Waals surface area contributed by atoms with Gasteiger partial charge < -0.3 is 9.80 Å². The Balaban J connectivity index is 0.000000166. The van der Waals surface area contributed by atoms with Crippen LogP contribution in [0.4, 0.5) is 0 Å². The highest BCUT2D eigenvalue weighted by atomic mass is 16.2. The fraction of sp³-hybridized carbons (Fsp3) is 0.917. The molecule has 166 valence electrons. The van der Waals surface area contributed by atoms with E-state index in [0.29, 0.717) is 11.8 Å². The molecule has 2 bridgehead atoms. The third-order valence-electron chi connectivity index (χ3n) is 6.84. The van der Waals surface area contributed by atoms with Gasteiger partial charge >= 0.3 is 0 Å². The van der Waals surface area contributed by atoms with Crippen LogP contribution < -0.4 is 0 Å². The van der Waals surface area contributed by atoms with Crippen molar-refractivity contribution in [1.82, 2.24) is 14.7 Å². The lowest BCUT2D eigenvalue weighted by Crippen LogP contribution is -2.52. The fourth-order valence-electron chi connectivity index (χ4n) is 5.05. The second kappa shape index (κ2) is 8.56. The number of rotatable bonds is 1. The van der Waals surface area contributed by atoms with Gasteiger partial charge in [0.1, 0.15) is 0 Å². The van der Waals surface area contributed by atoms with E-state index in [-0.39, 0.29) is 10.8 Å². The third kappa shape index (κ3) is 5.96. The van der Waals surface area contributed by atoms with Gasteiger partial charge in [0.25, 0.3) is 0 Å². The molecule has 2 amide bonds. The number of fused-ring (bicyclic) bond motifs is 2. The van der Waals surface area contributed by atoms with Crippen LogP contribution in [0.2, 0.25) is 0 Å². The van der Waals surface area contributed by atoms with E-state index in [9.17, 15) is 9.59 Å². The van der Waals surface area contributed by atoms with Crippen LogP contribution in [0.25, 0.3) is 0 Å². The normalized spacial score (nSPS) is 28.1. The number of hydrogen-bond acceptors (Lipinski definition) is 3. The highest BCUT2D eigenvalue weighted by Crippen LogP contribution is 2.37. The van der Waals surface area contributed by atoms with Gasteiger partial charge in [-0.15, -0.1) is 0 Å². The van der Waals surface area contributed by atoms with Crippen molar-refractivity contribution in [1.29, 1.82) is 0 Å². The Morgan fingerprint density at radius 3 is 1.52 bits per heavy atom. The molecule has 2 heterocycles. The maximum Gasteiger partial charge on any atom is 0.228 e. The van der Waals surface area contributed by atoms with Gasteiger partial charge in [0.2, 0.25) is 11.8 Å². The number of carbonyl (C=O) groups is 2. The van der Waals surface area contributed by atoms with Gasteiger partial charge in [0.05, 0.1) is 0 Å². The van der Waals surface area contributed by atoms with Crippen LogP contribution >= 0.6 is 0 Å². The first kappa shape index (κ1) is 22.6. The zero-order chi connectivity index (χ0) is 21.4. The van der Waals surface area contributed by atoms with E-state index >= 15 is 0 Å². The zero-order valence-corrected chi connectivity index (χ0v) is 19.7. The molecule has 0 radical (unpaired) electrons. The van der Waals surface area contributed by atoms with Crippen molar-refractivity contribution in [2.45, 2.75) is 79.7 Å². The number of likely N-dealkylation sites (tertiary alicyclic amines) is 1. The van der Waals surface area contributed by atoms with Crippen LogP contribution in [0.5, 0.6) is 0 Å². The van der Waals surface area contributed by atoms with Crippen LogP contribution in [0, 0.1) is 22.7 Å². The van der Waals surface area contributed by atoms with E-state index in [1.165, 1.54) is 32.1 Å². The Kier molecular flexibility index (Phi) is 6.67. The summed E-state index contributed by atoms with van der Waals surface area (Å²) >= 11 is 0. The fourth-order valence-corrected chi connectivity index (χ4v) is 5.05. The molecule has 2 unspecified atom stereocenters. The molecule has 5 nitrogen and oxygen atoms in total. The molecule has 5 heteroatoms. The molecule has 0 aromatic carbocycles. The van der Waals surface area contributed by atoms with Crippen LogP contribution in [0.15, 0.2) is 0 Å². The lowest BCUT2D eigenvalue weighted by Gasteiger charge is -2.37. The van der Waals surface area contributed by atoms with Gasteiger partial charge in [-0.2, -0.15) is 0 Å². The van der Waals surface area contributed by atoms with Crippen LogP contribution in [0.1, 0.15) is 73.6 Å². The molecule has 0 aromatic heterocycles. The Morgan fingerprint density at radius 1 is 0.655 bits per heavy atom. The van der Waals surface area contributed by atoms with Crippen molar-refractivity contribution >= 4 is 11.8 Å². The SMILES string of the molecule is CC(C)(C)C(=O)N1CC2CCC(C2)C1.CC(C)(C)C(=O)N1CCN(C2CC2)CC1. The highest BCUT2D eigenvalue weighted by molar-refractivity contribution is 5.82. The Morgan fingerprint density at radius 2 is 1.10 bits per heavy atom. The summed E-state index contributed by atoms with van der Waals surface area (Å²) in [5.41, 5.74) is -0.418. The first-order valence-electron chi connectivity index (χ1n) is 11.8. The summed E-state index contributed by atoms with van der Waals surface area (Å²) in [6.45, 7) is 18.1. The van der Waals surface area contributed by atoms with E-state index in [4.69, 9.17) is 0 Å². The van der Waals surface area contributed by atoms with Gasteiger partial charge in [-0.3, -0.25) is 14.5 Å². The van der Waals surface area contributed by atoms with Crippen molar-refractivity contribution in [3.8, 4) is 0 Å². The molecule has 4 rings (SSSR count). The van der Waals surface area contributed by atoms with Crippen molar-refractivity contribution < 1.29 is 9.59 Å². The minimum Gasteiger partial charge on any atom is -0.342 e. The molecule has 4 fully saturated rings. The number of piperidine rings is 1. The van der Waals surface area contributed by atoms with E-state index in [2.05, 4.69) is 9.80 Å². The van der Waals surface area contributed by atoms with Crippen LogP contribution in [0.3, 0.4) is 0 Å². The lowest BCUT2D eigenvalue weighted by atomic mass is 9.91. The Hall–Kier alpha value is -1.10. The minimum absolute atomic E-state index is 0.198. The second-order valence-electron chi connectivity index (χ2n) is 11.8. The summed E-state index contributed by atoms with van der Waals surface area (Å²) in [5.74, 6) is 2.26. The van der Waals surface area contributed by atoms with Crippen molar-refractivity contribution in [2.24, 2.45) is 22.7 Å². The first-order chi connectivity index (χ1) is 13.4. The predicted octanol–water partition coefficient (Wildman–Crippen LogP) is 3.63. The number of carbonyl (C=O) groups excluding carboxylic acids is 2. The van der Waals surface area contributed by atoms with Gasteiger partial charge in [-0.1, -0.05) is 41.5 Å². The van der Waals surface area contributed by atoms with Crippen molar-refractivity contribution in [2.75, 3.05) is 39.3 Å². The van der Waals surface area contributed by atoms with Gasteiger partial charge in [-0.25, -0.2) is 0 Å². The molecule has 0 N–H and O–H groups in total. The average Bonchev–Trinajstić information content (AvgIpc) is 3.44. The maximum atomic E-state index is 12.1. The standard InChI is InChI=1S/C12H22N2O.C12H21NO/c1-12(2,3)11(15)14-8-6-13(7-9-14)10-4-5-10;1-12(2,3)11(14)13-7-9-4-5-10(6-9)8-13/h10H,4-9H2,1-3H3;9-10H,4-8H2,1-3H3. The van der Waals surface area contributed by atoms with E-state index in [1.807, 2.05) is 46.4 Å². The molecule has 2 saturated carbocycles. The third-order valence-corrected chi connectivity index (χ3v) is 6.84. The molecule has 2 atom stereocenters. The minimum atomic E-state index is -0.220. The zero-order valence-electron chi connectivity index (χ0n) is 19.7. The molecule has 2 saturated heterocycles. The van der Waals surface area contributed by atoms with Crippen LogP contribution in [-0.4, -0.2) is 71.8 Å². The predicted molar refractivity (Wildman–Crippen MR) is 117 cm³/mol. The van der Waals surface area contributed by atoms with Gasteiger partial charge in [-0.05, 0) is 43.9 Å². The van der Waals surface area contributed by atoms with Crippen molar-refractivity contribution in [3.05, 3.63) is 0 Å². The molecule has 0 aromatic rings. The molecule has 2 aliphatic carbocycles. The molecular formula is C24H43N3O2. The summed E-state index contributed by atoms with van der Waals surface area (Å²) < 4.78 is 0. The number of amides is 2. The summed E-state index contributed by atoms with van der Waals surface area (Å²) in [5, 5.41) is 0. The van der Waals surface area contributed by atoms with Gasteiger partial charge in [0.15, 0.2) is 0 Å². The molecule has 29 heavy (non-hydrogen) atoms. The van der Waals surface area contributed by atoms with Crippen LogP contribution in [-0.2, 0) is 9.59 Å². The molecule has 4 aliphatic rings. The second-order valence-corrected chi connectivity index (χ2v) is 11.8. The Bertz CT molecular complexity index is 580. The summed E-state index contributed by atoms with van der Waals surface area (Å²) in [7, 11) is 0. The number of hydrogen-bond donors (Lipinski definition) is 0. The maximum absolute atomic E-state index is 12.1. The molecular weight excluding hydrogens is 362 g/mol. The quantitative estimate of drug-likeness (QED) is 0.669. The largest absolute Gasteiger partial charge is 0.342 e. The molecule has 2 aliphatic heterocycles. The van der Waals surface area contributed by atoms with E-state index in [1.54, 1.807) is 0 Å². The summed E-state index contributed by atoms with van der Waals surface area (Å²) in [6.07, 6.45) is 6.80. The summed E-state index contributed by atoms with van der Waals surface area (Å²) in [6, 6.07) is 0.844. The number of piperazine rings is 1. The highest BCUT2D eigenvalue weighted by Gasteiger charge is 2.38. The monoisotopic (exact) mass is 405 g/mol. The van der Waals surface area contributed by atoms with Gasteiger partial charge in [0, 0.05) is 56.1 Å². The first-order valence-corrected chi connectivity index (χ1v) is 11.8. The number of nitrogens with zero attached hydrogens (tertiary/aromatic N) is 3. The topological polar surface area (TPSA) is 43.9 Å². The van der Waals surface area contributed by atoms with E-state index in [0.717, 1.165) is 57.1 Å². The van der Waals surface area contributed by atoms with E-state index < -0.39 is 0 Å². The Labute approximate surface area is 178 Å². The smallest absolute Gasteiger partial charge is 0.228 e. The molecule has 0 spiro atoms. The summed E-state index contributed by atoms with van der Waals surface area (Å²) in [4.78, 5) is 30.7. The average molecular weight is 406 g/mol.